The molecule has 0 spiro atoms. The Labute approximate surface area is 120 Å². The fourth-order valence-electron chi connectivity index (χ4n) is 2.79. The number of methoxy groups -OCH3 is 1. The molecule has 4 heteroatoms. The van der Waals surface area contributed by atoms with E-state index < -0.39 is 0 Å². The first kappa shape index (κ1) is 14.7. The number of anilines is 2. The molecule has 1 aromatic carbocycles. The normalized spacial score (nSPS) is 19.2. The van der Waals surface area contributed by atoms with Gasteiger partial charge in [0.05, 0.1) is 18.4 Å². The Hall–Kier alpha value is -1.71. The number of carbonyl (C=O) groups excluding carboxylic acids is 1. The minimum Gasteiger partial charge on any atom is -0.465 e. The second-order valence-electron chi connectivity index (χ2n) is 6.57. The van der Waals surface area contributed by atoms with Crippen LogP contribution >= 0.6 is 0 Å². The molecule has 4 nitrogen and oxygen atoms in total. The second kappa shape index (κ2) is 5.35. The van der Waals surface area contributed by atoms with E-state index in [-0.39, 0.29) is 11.4 Å². The zero-order valence-electron chi connectivity index (χ0n) is 12.8. The Balaban J connectivity index is 2.28. The zero-order valence-corrected chi connectivity index (χ0v) is 12.8. The standard InChI is InChI=1S/C16H24N2O2/c1-16(2,3)11-7-8-18(10-11)14-6-5-12(17)9-13(14)15(19)20-4/h5-6,9,11H,7-8,10,17H2,1-4H3. The molecular formula is C16H24N2O2. The van der Waals surface area contributed by atoms with E-state index in [1.165, 1.54) is 7.11 Å². The molecule has 110 valence electrons. The summed E-state index contributed by atoms with van der Waals surface area (Å²) in [4.78, 5) is 14.2. The third-order valence-electron chi connectivity index (χ3n) is 4.18. The molecule has 1 atom stereocenters. The van der Waals surface area contributed by atoms with E-state index in [1.54, 1.807) is 6.07 Å². The number of hydrogen-bond donors (Lipinski definition) is 1. The number of rotatable bonds is 2. The number of benzene rings is 1. The molecule has 1 fully saturated rings. The van der Waals surface area contributed by atoms with Crippen molar-refractivity contribution in [2.45, 2.75) is 27.2 Å². The predicted octanol–water partition coefficient (Wildman–Crippen LogP) is 2.93. The van der Waals surface area contributed by atoms with Gasteiger partial charge < -0.3 is 15.4 Å². The molecule has 1 aromatic rings. The Bertz CT molecular complexity index is 506. The monoisotopic (exact) mass is 276 g/mol. The molecule has 2 N–H and O–H groups in total. The van der Waals surface area contributed by atoms with Gasteiger partial charge in [0.2, 0.25) is 0 Å². The lowest BCUT2D eigenvalue weighted by Crippen LogP contribution is -2.27. The molecule has 0 amide bonds. The number of nitrogens with zero attached hydrogens (tertiary/aromatic N) is 1. The third kappa shape index (κ3) is 2.89. The summed E-state index contributed by atoms with van der Waals surface area (Å²) in [6.45, 7) is 8.75. The van der Waals surface area contributed by atoms with Crippen molar-refractivity contribution in [3.8, 4) is 0 Å². The first-order valence-corrected chi connectivity index (χ1v) is 7.05. The van der Waals surface area contributed by atoms with E-state index in [0.29, 0.717) is 17.2 Å². The first-order chi connectivity index (χ1) is 9.32. The van der Waals surface area contributed by atoms with Crippen LogP contribution in [-0.4, -0.2) is 26.2 Å². The summed E-state index contributed by atoms with van der Waals surface area (Å²) in [5, 5.41) is 0. The maximum absolute atomic E-state index is 11.9. The molecule has 0 saturated carbocycles. The van der Waals surface area contributed by atoms with Gasteiger partial charge in [-0.1, -0.05) is 20.8 Å². The highest BCUT2D eigenvalue weighted by Gasteiger charge is 2.33. The molecule has 20 heavy (non-hydrogen) atoms. The van der Waals surface area contributed by atoms with Crippen LogP contribution in [0.1, 0.15) is 37.6 Å². The summed E-state index contributed by atoms with van der Waals surface area (Å²) in [6.07, 6.45) is 1.15. The molecule has 1 saturated heterocycles. The van der Waals surface area contributed by atoms with Crippen LogP contribution < -0.4 is 10.6 Å². The SMILES string of the molecule is COC(=O)c1cc(N)ccc1N1CCC(C(C)(C)C)C1. The number of nitrogens with two attached hydrogens (primary N) is 1. The molecule has 1 aliphatic rings. The number of hydrogen-bond acceptors (Lipinski definition) is 4. The van der Waals surface area contributed by atoms with Crippen molar-refractivity contribution >= 4 is 17.3 Å². The summed E-state index contributed by atoms with van der Waals surface area (Å²) in [7, 11) is 1.40. The van der Waals surface area contributed by atoms with Crippen LogP contribution in [0, 0.1) is 11.3 Å². The van der Waals surface area contributed by atoms with Gasteiger partial charge >= 0.3 is 5.97 Å². The average Bonchev–Trinajstić information content (AvgIpc) is 2.87. The van der Waals surface area contributed by atoms with Crippen molar-refractivity contribution in [3.63, 3.8) is 0 Å². The van der Waals surface area contributed by atoms with Crippen LogP contribution in [0.25, 0.3) is 0 Å². The van der Waals surface area contributed by atoms with Crippen LogP contribution in [0.4, 0.5) is 11.4 Å². The fraction of sp³-hybridized carbons (Fsp3) is 0.562. The van der Waals surface area contributed by atoms with Crippen molar-refractivity contribution in [2.24, 2.45) is 11.3 Å². The molecule has 1 aliphatic heterocycles. The van der Waals surface area contributed by atoms with Crippen molar-refractivity contribution in [1.82, 2.24) is 0 Å². The maximum atomic E-state index is 11.9. The largest absolute Gasteiger partial charge is 0.465 e. The highest BCUT2D eigenvalue weighted by molar-refractivity contribution is 5.97. The topological polar surface area (TPSA) is 55.6 Å². The van der Waals surface area contributed by atoms with E-state index in [4.69, 9.17) is 10.5 Å². The smallest absolute Gasteiger partial charge is 0.340 e. The van der Waals surface area contributed by atoms with E-state index >= 15 is 0 Å². The van der Waals surface area contributed by atoms with Gasteiger partial charge in [-0.05, 0) is 36.0 Å². The average molecular weight is 276 g/mol. The molecule has 0 aromatic heterocycles. The van der Waals surface area contributed by atoms with Crippen LogP contribution in [0.15, 0.2) is 18.2 Å². The van der Waals surface area contributed by atoms with Gasteiger partial charge in [-0.3, -0.25) is 0 Å². The Kier molecular flexibility index (Phi) is 3.93. The zero-order chi connectivity index (χ0) is 14.9. The van der Waals surface area contributed by atoms with Gasteiger partial charge in [0.25, 0.3) is 0 Å². The van der Waals surface area contributed by atoms with E-state index in [1.807, 2.05) is 12.1 Å². The van der Waals surface area contributed by atoms with Gasteiger partial charge in [-0.25, -0.2) is 4.79 Å². The van der Waals surface area contributed by atoms with Crippen molar-refractivity contribution in [2.75, 3.05) is 30.8 Å². The van der Waals surface area contributed by atoms with Crippen LogP contribution in [0.3, 0.4) is 0 Å². The highest BCUT2D eigenvalue weighted by atomic mass is 16.5. The van der Waals surface area contributed by atoms with Crippen molar-refractivity contribution in [3.05, 3.63) is 23.8 Å². The van der Waals surface area contributed by atoms with Crippen LogP contribution in [0.5, 0.6) is 0 Å². The minimum atomic E-state index is -0.327. The summed E-state index contributed by atoms with van der Waals surface area (Å²) in [5.74, 6) is 0.303. The molecule has 2 rings (SSSR count). The third-order valence-corrected chi connectivity index (χ3v) is 4.18. The van der Waals surface area contributed by atoms with E-state index in [9.17, 15) is 4.79 Å². The lowest BCUT2D eigenvalue weighted by Gasteiger charge is -2.28. The predicted molar refractivity (Wildman–Crippen MR) is 82.0 cm³/mol. The van der Waals surface area contributed by atoms with Gasteiger partial charge in [-0.15, -0.1) is 0 Å². The summed E-state index contributed by atoms with van der Waals surface area (Å²) in [5.41, 5.74) is 8.14. The molecule has 1 unspecified atom stereocenters. The quantitative estimate of drug-likeness (QED) is 0.666. The van der Waals surface area contributed by atoms with Gasteiger partial charge in [0.1, 0.15) is 0 Å². The maximum Gasteiger partial charge on any atom is 0.340 e. The fourth-order valence-corrected chi connectivity index (χ4v) is 2.79. The van der Waals surface area contributed by atoms with Crippen LogP contribution in [-0.2, 0) is 4.74 Å². The van der Waals surface area contributed by atoms with Crippen molar-refractivity contribution < 1.29 is 9.53 Å². The highest BCUT2D eigenvalue weighted by Crippen LogP contribution is 2.37. The summed E-state index contributed by atoms with van der Waals surface area (Å²) < 4.78 is 4.86. The molecule has 0 radical (unpaired) electrons. The van der Waals surface area contributed by atoms with E-state index in [2.05, 4.69) is 25.7 Å². The summed E-state index contributed by atoms with van der Waals surface area (Å²) in [6, 6.07) is 5.46. The van der Waals surface area contributed by atoms with Crippen LogP contribution in [0.2, 0.25) is 0 Å². The molecular weight excluding hydrogens is 252 g/mol. The number of ether oxygens (including phenoxy) is 1. The Morgan fingerprint density at radius 3 is 2.65 bits per heavy atom. The first-order valence-electron chi connectivity index (χ1n) is 7.05. The Morgan fingerprint density at radius 1 is 1.40 bits per heavy atom. The second-order valence-corrected chi connectivity index (χ2v) is 6.57. The van der Waals surface area contributed by atoms with Gasteiger partial charge in [0, 0.05) is 18.8 Å². The molecule has 0 aliphatic carbocycles. The molecule has 1 heterocycles. The number of esters is 1. The Morgan fingerprint density at radius 2 is 2.10 bits per heavy atom. The lowest BCUT2D eigenvalue weighted by molar-refractivity contribution is 0.0601. The van der Waals surface area contributed by atoms with Gasteiger partial charge in [-0.2, -0.15) is 0 Å². The van der Waals surface area contributed by atoms with Crippen molar-refractivity contribution in [1.29, 1.82) is 0 Å². The van der Waals surface area contributed by atoms with E-state index in [0.717, 1.165) is 25.2 Å². The van der Waals surface area contributed by atoms with Gasteiger partial charge in [0.15, 0.2) is 0 Å². The minimum absolute atomic E-state index is 0.286. The molecule has 0 bridgehead atoms. The number of carbonyl (C=O) groups is 1. The lowest BCUT2D eigenvalue weighted by atomic mass is 9.80. The summed E-state index contributed by atoms with van der Waals surface area (Å²) >= 11 is 0. The number of nitrogen functional groups attached to an aromatic ring is 1.